The highest BCUT2D eigenvalue weighted by Gasteiger charge is 2.11. The second kappa shape index (κ2) is 5.76. The predicted molar refractivity (Wildman–Crippen MR) is 63.1 cm³/mol. The molecule has 1 aromatic carbocycles. The van der Waals surface area contributed by atoms with Crippen LogP contribution in [0.15, 0.2) is 34.3 Å². The molecule has 17 heavy (non-hydrogen) atoms. The van der Waals surface area contributed by atoms with Crippen molar-refractivity contribution in [3.63, 3.8) is 0 Å². The van der Waals surface area contributed by atoms with E-state index in [0.29, 0.717) is 0 Å². The van der Waals surface area contributed by atoms with Gasteiger partial charge in [0.25, 0.3) is 10.0 Å². The highest BCUT2D eigenvalue weighted by atomic mass is 32.2. The molecule has 0 aliphatic carbocycles. The second-order valence-corrected chi connectivity index (χ2v) is 5.10. The van der Waals surface area contributed by atoms with Crippen molar-refractivity contribution >= 4 is 16.2 Å². The van der Waals surface area contributed by atoms with Crippen molar-refractivity contribution in [3.8, 4) is 0 Å². The summed E-state index contributed by atoms with van der Waals surface area (Å²) in [4.78, 5) is 2.01. The van der Waals surface area contributed by atoms with E-state index in [4.69, 9.17) is 10.2 Å². The summed E-state index contributed by atoms with van der Waals surface area (Å²) in [5.41, 5.74) is 0.947. The molecule has 1 rings (SSSR count). The van der Waals surface area contributed by atoms with Gasteiger partial charge in [0.1, 0.15) is 6.10 Å². The average Bonchev–Trinajstić information content (AvgIpc) is 2.29. The first kappa shape index (κ1) is 13.6. The van der Waals surface area contributed by atoms with Gasteiger partial charge in [-0.05, 0) is 19.1 Å². The third-order valence-electron chi connectivity index (χ3n) is 1.94. The summed E-state index contributed by atoms with van der Waals surface area (Å²) < 4.78 is 23.3. The molecule has 0 saturated heterocycles. The van der Waals surface area contributed by atoms with Gasteiger partial charge in [-0.2, -0.15) is 13.5 Å². The summed E-state index contributed by atoms with van der Waals surface area (Å²) in [5, 5.41) is 20.8. The fraction of sp³-hybridized carbons (Fsp3) is 0.300. The molecule has 0 radical (unpaired) electrons. The predicted octanol–water partition coefficient (Wildman–Crippen LogP) is -0.388. The molecule has 0 aliphatic heterocycles. The number of aliphatic hydroxyl groups is 2. The van der Waals surface area contributed by atoms with Crippen LogP contribution in [-0.2, 0) is 10.0 Å². The van der Waals surface area contributed by atoms with Gasteiger partial charge < -0.3 is 10.2 Å². The number of rotatable bonds is 5. The molecular weight excluding hydrogens is 244 g/mol. The zero-order chi connectivity index (χ0) is 12.9. The molecule has 0 unspecified atom stereocenters. The molecule has 0 aliphatic rings. The fourth-order valence-corrected chi connectivity index (χ4v) is 1.80. The van der Waals surface area contributed by atoms with Crippen LogP contribution in [0.25, 0.3) is 0 Å². The van der Waals surface area contributed by atoms with Crippen LogP contribution in [0.4, 0.5) is 0 Å². The first-order chi connectivity index (χ1) is 7.95. The van der Waals surface area contributed by atoms with E-state index >= 15 is 0 Å². The normalized spacial score (nSPS) is 13.8. The fourth-order valence-electron chi connectivity index (χ4n) is 1.00. The van der Waals surface area contributed by atoms with Crippen LogP contribution >= 0.6 is 0 Å². The Hall–Kier alpha value is -1.44. The van der Waals surface area contributed by atoms with Gasteiger partial charge in [0.15, 0.2) is 0 Å². The molecular formula is C10H14N2O4S. The lowest BCUT2D eigenvalue weighted by Gasteiger charge is -2.04. The maximum atomic E-state index is 11.6. The largest absolute Gasteiger partial charge is 0.393 e. The van der Waals surface area contributed by atoms with Crippen LogP contribution in [0.2, 0.25) is 0 Å². The minimum absolute atomic E-state index is 0.0822. The van der Waals surface area contributed by atoms with Crippen molar-refractivity contribution in [2.24, 2.45) is 5.10 Å². The number of aryl methyl sites for hydroxylation is 1. The lowest BCUT2D eigenvalue weighted by molar-refractivity contribution is 0.148. The Kier molecular flexibility index (Phi) is 4.62. The topological polar surface area (TPSA) is 99.0 Å². The maximum Gasteiger partial charge on any atom is 0.276 e. The molecule has 0 aromatic heterocycles. The minimum Gasteiger partial charge on any atom is -0.393 e. The Bertz CT molecular complexity index is 482. The smallest absolute Gasteiger partial charge is 0.276 e. The third kappa shape index (κ3) is 4.14. The number of hydrazone groups is 1. The summed E-state index contributed by atoms with van der Waals surface area (Å²) in [6.45, 7) is 1.33. The van der Waals surface area contributed by atoms with E-state index in [-0.39, 0.29) is 4.90 Å². The van der Waals surface area contributed by atoms with E-state index in [0.717, 1.165) is 11.8 Å². The molecule has 1 atom stereocenters. The van der Waals surface area contributed by atoms with Gasteiger partial charge in [0.05, 0.1) is 17.7 Å². The number of nitrogens with one attached hydrogen (secondary N) is 1. The maximum absolute atomic E-state index is 11.6. The monoisotopic (exact) mass is 258 g/mol. The highest BCUT2D eigenvalue weighted by Crippen LogP contribution is 2.09. The van der Waals surface area contributed by atoms with Gasteiger partial charge in [-0.15, -0.1) is 0 Å². The van der Waals surface area contributed by atoms with Crippen molar-refractivity contribution in [1.29, 1.82) is 0 Å². The average molecular weight is 258 g/mol. The van der Waals surface area contributed by atoms with E-state index in [9.17, 15) is 8.42 Å². The molecule has 94 valence electrons. The number of benzene rings is 1. The van der Waals surface area contributed by atoms with E-state index in [2.05, 4.69) is 5.10 Å². The van der Waals surface area contributed by atoms with Crippen LogP contribution in [0.3, 0.4) is 0 Å². The SMILES string of the molecule is Cc1ccc(S(=O)(=O)N/N=C\[C@H](O)CO)cc1. The van der Waals surface area contributed by atoms with E-state index in [1.54, 1.807) is 12.1 Å². The lowest BCUT2D eigenvalue weighted by Crippen LogP contribution is -2.21. The zero-order valence-corrected chi connectivity index (χ0v) is 10.1. The molecule has 0 bridgehead atoms. The number of aliphatic hydroxyl groups excluding tert-OH is 2. The summed E-state index contributed by atoms with van der Waals surface area (Å²) >= 11 is 0. The van der Waals surface area contributed by atoms with Gasteiger partial charge in [0, 0.05) is 0 Å². The molecule has 0 fully saturated rings. The zero-order valence-electron chi connectivity index (χ0n) is 9.24. The Balaban J connectivity index is 2.76. The molecule has 0 heterocycles. The van der Waals surface area contributed by atoms with Crippen molar-refractivity contribution in [1.82, 2.24) is 4.83 Å². The molecule has 0 amide bonds. The van der Waals surface area contributed by atoms with Gasteiger partial charge in [-0.3, -0.25) is 0 Å². The first-order valence-electron chi connectivity index (χ1n) is 4.86. The molecule has 1 aromatic rings. The van der Waals surface area contributed by atoms with E-state index in [1.807, 2.05) is 11.8 Å². The third-order valence-corrected chi connectivity index (χ3v) is 3.18. The summed E-state index contributed by atoms with van der Waals surface area (Å²) in [5.74, 6) is 0. The first-order valence-corrected chi connectivity index (χ1v) is 6.34. The highest BCUT2D eigenvalue weighted by molar-refractivity contribution is 7.89. The Morgan fingerprint density at radius 1 is 1.41 bits per heavy atom. The van der Waals surface area contributed by atoms with E-state index < -0.39 is 22.7 Å². The Morgan fingerprint density at radius 3 is 2.53 bits per heavy atom. The number of sulfonamides is 1. The summed E-state index contributed by atoms with van der Waals surface area (Å²) in [7, 11) is -3.72. The quantitative estimate of drug-likeness (QED) is 0.495. The lowest BCUT2D eigenvalue weighted by atomic mass is 10.2. The number of hydrogen-bond donors (Lipinski definition) is 3. The molecule has 6 nitrogen and oxygen atoms in total. The van der Waals surface area contributed by atoms with E-state index in [1.165, 1.54) is 12.1 Å². The van der Waals surface area contributed by atoms with Gasteiger partial charge >= 0.3 is 0 Å². The number of nitrogens with zero attached hydrogens (tertiary/aromatic N) is 1. The Morgan fingerprint density at radius 2 is 2.00 bits per heavy atom. The molecule has 0 saturated carbocycles. The molecule has 7 heteroatoms. The molecule has 0 spiro atoms. The summed E-state index contributed by atoms with van der Waals surface area (Å²) in [6, 6.07) is 6.24. The van der Waals surface area contributed by atoms with Crippen LogP contribution in [0.5, 0.6) is 0 Å². The Labute approximate surface area is 99.7 Å². The van der Waals surface area contributed by atoms with Crippen LogP contribution in [0, 0.1) is 6.92 Å². The second-order valence-electron chi connectivity index (χ2n) is 3.44. The van der Waals surface area contributed by atoms with Gasteiger partial charge in [0.2, 0.25) is 0 Å². The number of hydrogen-bond acceptors (Lipinski definition) is 5. The molecule has 3 N–H and O–H groups in total. The van der Waals surface area contributed by atoms with Crippen LogP contribution in [-0.4, -0.2) is 37.6 Å². The van der Waals surface area contributed by atoms with Crippen molar-refractivity contribution in [2.75, 3.05) is 6.61 Å². The minimum atomic E-state index is -3.72. The van der Waals surface area contributed by atoms with Crippen LogP contribution < -0.4 is 4.83 Å². The van der Waals surface area contributed by atoms with Gasteiger partial charge in [-0.25, -0.2) is 4.83 Å². The standard InChI is InChI=1S/C10H14N2O4S/c1-8-2-4-10(5-3-8)17(15,16)12-11-6-9(14)7-13/h2-6,9,12-14H,7H2,1H3/b11-6-/t9-/m0/s1. The van der Waals surface area contributed by atoms with Crippen molar-refractivity contribution < 1.29 is 18.6 Å². The van der Waals surface area contributed by atoms with Crippen molar-refractivity contribution in [3.05, 3.63) is 29.8 Å². The summed E-state index contributed by atoms with van der Waals surface area (Å²) in [6.07, 6.45) is -0.276. The van der Waals surface area contributed by atoms with Gasteiger partial charge in [-0.1, -0.05) is 17.7 Å². The van der Waals surface area contributed by atoms with Crippen LogP contribution in [0.1, 0.15) is 5.56 Å². The van der Waals surface area contributed by atoms with Crippen molar-refractivity contribution in [2.45, 2.75) is 17.9 Å².